The van der Waals surface area contributed by atoms with Crippen molar-refractivity contribution in [3.8, 4) is 0 Å². The second-order valence-corrected chi connectivity index (χ2v) is 6.82. The van der Waals surface area contributed by atoms with Gasteiger partial charge in [-0.3, -0.25) is 0 Å². The number of benzene rings is 1. The third kappa shape index (κ3) is 3.56. The Morgan fingerprint density at radius 2 is 1.62 bits per heavy atom. The van der Waals surface area contributed by atoms with Gasteiger partial charge in [0.15, 0.2) is 0 Å². The van der Waals surface area contributed by atoms with E-state index in [0.29, 0.717) is 0 Å². The SMILES string of the molecule is CC1=CC=C(c2ccc(C3CCC(C)CC3)cc2)C=CC1. The van der Waals surface area contributed by atoms with Crippen molar-refractivity contribution in [3.63, 3.8) is 0 Å². The predicted octanol–water partition coefficient (Wildman–Crippen LogP) is 6.27. The molecule has 1 aromatic rings. The fraction of sp³-hybridized carbons (Fsp3) is 0.429. The summed E-state index contributed by atoms with van der Waals surface area (Å²) in [6, 6.07) is 9.31. The van der Waals surface area contributed by atoms with E-state index in [1.807, 2.05) is 0 Å². The second-order valence-electron chi connectivity index (χ2n) is 6.82. The molecule has 110 valence electrons. The molecule has 0 bridgehead atoms. The highest BCUT2D eigenvalue weighted by atomic mass is 14.2. The maximum atomic E-state index is 2.39. The molecule has 1 fully saturated rings. The summed E-state index contributed by atoms with van der Waals surface area (Å²) < 4.78 is 0. The van der Waals surface area contributed by atoms with Gasteiger partial charge in [0, 0.05) is 0 Å². The summed E-state index contributed by atoms with van der Waals surface area (Å²) in [6.07, 6.45) is 15.6. The highest BCUT2D eigenvalue weighted by Crippen LogP contribution is 2.35. The van der Waals surface area contributed by atoms with Crippen molar-refractivity contribution >= 4 is 5.57 Å². The van der Waals surface area contributed by atoms with Crippen LogP contribution in [0.1, 0.15) is 63.0 Å². The maximum Gasteiger partial charge on any atom is -0.0135 e. The lowest BCUT2D eigenvalue weighted by Crippen LogP contribution is -2.10. The zero-order valence-corrected chi connectivity index (χ0v) is 13.3. The quantitative estimate of drug-likeness (QED) is 0.598. The zero-order valence-electron chi connectivity index (χ0n) is 13.3. The van der Waals surface area contributed by atoms with E-state index in [2.05, 4.69) is 62.4 Å². The molecule has 1 saturated carbocycles. The normalized spacial score (nSPS) is 26.0. The summed E-state index contributed by atoms with van der Waals surface area (Å²) in [7, 11) is 0. The molecule has 1 aromatic carbocycles. The summed E-state index contributed by atoms with van der Waals surface area (Å²) in [5.74, 6) is 1.72. The van der Waals surface area contributed by atoms with Crippen LogP contribution in [0.25, 0.3) is 5.57 Å². The maximum absolute atomic E-state index is 2.39. The molecule has 0 heterocycles. The fourth-order valence-electron chi connectivity index (χ4n) is 3.46. The zero-order chi connectivity index (χ0) is 14.7. The van der Waals surface area contributed by atoms with Crippen LogP contribution in [0, 0.1) is 5.92 Å². The topological polar surface area (TPSA) is 0 Å². The molecule has 2 aliphatic carbocycles. The Morgan fingerprint density at radius 1 is 0.905 bits per heavy atom. The summed E-state index contributed by atoms with van der Waals surface area (Å²) in [4.78, 5) is 0. The van der Waals surface area contributed by atoms with Crippen LogP contribution < -0.4 is 0 Å². The molecule has 0 aromatic heterocycles. The molecule has 0 saturated heterocycles. The Kier molecular flexibility index (Phi) is 4.43. The van der Waals surface area contributed by atoms with Gasteiger partial charge in [-0.25, -0.2) is 0 Å². The first-order valence-corrected chi connectivity index (χ1v) is 8.36. The molecule has 0 atom stereocenters. The van der Waals surface area contributed by atoms with Crippen molar-refractivity contribution in [2.24, 2.45) is 5.92 Å². The second kappa shape index (κ2) is 6.47. The van der Waals surface area contributed by atoms with Gasteiger partial charge in [-0.1, -0.05) is 73.9 Å². The van der Waals surface area contributed by atoms with Crippen LogP contribution in [0.3, 0.4) is 0 Å². The molecule has 21 heavy (non-hydrogen) atoms. The molecule has 0 radical (unpaired) electrons. The van der Waals surface area contributed by atoms with Crippen LogP contribution in [0.15, 0.2) is 54.1 Å². The largest absolute Gasteiger partial charge is 0.0799 e. The average molecular weight is 278 g/mol. The molecule has 0 nitrogen and oxygen atoms in total. The lowest BCUT2D eigenvalue weighted by atomic mass is 9.79. The van der Waals surface area contributed by atoms with Crippen LogP contribution in [-0.2, 0) is 0 Å². The predicted molar refractivity (Wildman–Crippen MR) is 92.3 cm³/mol. The van der Waals surface area contributed by atoms with E-state index < -0.39 is 0 Å². The first-order valence-electron chi connectivity index (χ1n) is 8.36. The first-order chi connectivity index (χ1) is 10.2. The van der Waals surface area contributed by atoms with E-state index in [1.54, 1.807) is 0 Å². The first kappa shape index (κ1) is 14.4. The number of hydrogen-bond acceptors (Lipinski definition) is 0. The lowest BCUT2D eigenvalue weighted by Gasteiger charge is -2.26. The Bertz CT molecular complexity index is 561. The summed E-state index contributed by atoms with van der Waals surface area (Å²) >= 11 is 0. The highest BCUT2D eigenvalue weighted by molar-refractivity contribution is 5.76. The minimum Gasteiger partial charge on any atom is -0.0799 e. The number of allylic oxidation sites excluding steroid dienone is 6. The van der Waals surface area contributed by atoms with Crippen LogP contribution in [0.5, 0.6) is 0 Å². The van der Waals surface area contributed by atoms with E-state index in [1.165, 1.54) is 48.0 Å². The van der Waals surface area contributed by atoms with Crippen molar-refractivity contribution in [1.82, 2.24) is 0 Å². The molecule has 0 heteroatoms. The van der Waals surface area contributed by atoms with Crippen LogP contribution in [-0.4, -0.2) is 0 Å². The number of rotatable bonds is 2. The van der Waals surface area contributed by atoms with Crippen molar-refractivity contribution in [2.75, 3.05) is 0 Å². The van der Waals surface area contributed by atoms with Crippen molar-refractivity contribution in [3.05, 3.63) is 65.3 Å². The summed E-state index contributed by atoms with van der Waals surface area (Å²) in [5.41, 5.74) is 5.63. The molecule has 2 aliphatic rings. The van der Waals surface area contributed by atoms with Gasteiger partial charge in [-0.2, -0.15) is 0 Å². The van der Waals surface area contributed by atoms with Gasteiger partial charge in [0.1, 0.15) is 0 Å². The lowest BCUT2D eigenvalue weighted by molar-refractivity contribution is 0.348. The monoisotopic (exact) mass is 278 g/mol. The summed E-state index contributed by atoms with van der Waals surface area (Å²) in [5, 5.41) is 0. The van der Waals surface area contributed by atoms with E-state index in [0.717, 1.165) is 18.3 Å². The fourth-order valence-corrected chi connectivity index (χ4v) is 3.46. The Balaban J connectivity index is 1.75. The molecule has 0 amide bonds. The summed E-state index contributed by atoms with van der Waals surface area (Å²) in [6.45, 7) is 4.58. The van der Waals surface area contributed by atoms with Crippen LogP contribution in [0.4, 0.5) is 0 Å². The van der Waals surface area contributed by atoms with Gasteiger partial charge in [-0.15, -0.1) is 0 Å². The van der Waals surface area contributed by atoms with Crippen molar-refractivity contribution < 1.29 is 0 Å². The van der Waals surface area contributed by atoms with Crippen LogP contribution >= 0.6 is 0 Å². The minimum atomic E-state index is 0.788. The molecular weight excluding hydrogens is 252 g/mol. The van der Waals surface area contributed by atoms with E-state index >= 15 is 0 Å². The third-order valence-electron chi connectivity index (χ3n) is 5.02. The minimum absolute atomic E-state index is 0.788. The van der Waals surface area contributed by atoms with Gasteiger partial charge in [-0.05, 0) is 54.7 Å². The van der Waals surface area contributed by atoms with Gasteiger partial charge in [0.2, 0.25) is 0 Å². The van der Waals surface area contributed by atoms with Gasteiger partial charge in [0.25, 0.3) is 0 Å². The molecular formula is C21H26. The molecule has 0 spiro atoms. The molecule has 0 aliphatic heterocycles. The van der Waals surface area contributed by atoms with Crippen molar-refractivity contribution in [2.45, 2.75) is 51.9 Å². The third-order valence-corrected chi connectivity index (χ3v) is 5.02. The Labute approximate surface area is 129 Å². The van der Waals surface area contributed by atoms with Crippen LogP contribution in [0.2, 0.25) is 0 Å². The average Bonchev–Trinajstić information content (AvgIpc) is 2.73. The Hall–Kier alpha value is -1.56. The number of hydrogen-bond donors (Lipinski definition) is 0. The molecule has 0 N–H and O–H groups in total. The van der Waals surface area contributed by atoms with E-state index in [4.69, 9.17) is 0 Å². The standard InChI is InChI=1S/C21H26/c1-16-4-3-5-18(9-6-16)20-12-14-21(15-13-20)19-10-7-17(2)8-11-19/h3,5-6,9,12-15,17,19H,4,7-8,10-11H2,1-2H3. The van der Waals surface area contributed by atoms with Crippen molar-refractivity contribution in [1.29, 1.82) is 0 Å². The molecule has 0 unspecified atom stereocenters. The van der Waals surface area contributed by atoms with E-state index in [9.17, 15) is 0 Å². The van der Waals surface area contributed by atoms with Gasteiger partial charge < -0.3 is 0 Å². The smallest absolute Gasteiger partial charge is 0.0135 e. The van der Waals surface area contributed by atoms with Gasteiger partial charge in [0.05, 0.1) is 0 Å². The van der Waals surface area contributed by atoms with Gasteiger partial charge >= 0.3 is 0 Å². The van der Waals surface area contributed by atoms with E-state index in [-0.39, 0.29) is 0 Å². The Morgan fingerprint density at radius 3 is 2.33 bits per heavy atom. The highest BCUT2D eigenvalue weighted by Gasteiger charge is 2.19. The molecule has 3 rings (SSSR count).